The van der Waals surface area contributed by atoms with Crippen molar-refractivity contribution in [2.24, 2.45) is 0 Å². The van der Waals surface area contributed by atoms with Gasteiger partial charge in [0.1, 0.15) is 12.0 Å². The molecule has 0 saturated heterocycles. The molecule has 0 bridgehead atoms. The van der Waals surface area contributed by atoms with Gasteiger partial charge in [-0.2, -0.15) is 0 Å². The zero-order valence-electron chi connectivity index (χ0n) is 14.7. The molecule has 4 rings (SSSR count). The lowest BCUT2D eigenvalue weighted by molar-refractivity contribution is -0.418. The Morgan fingerprint density at radius 3 is 2.56 bits per heavy atom. The zero-order chi connectivity index (χ0) is 17.7. The Bertz CT molecular complexity index is 1060. The number of nitrogens with zero attached hydrogens (tertiary/aromatic N) is 1. The second-order valence-electron chi connectivity index (χ2n) is 6.75. The normalized spacial score (nSPS) is 13.4. The van der Waals surface area contributed by atoms with Gasteiger partial charge in [0.2, 0.25) is 0 Å². The maximum atomic E-state index is 14.2. The average Bonchev–Trinajstić information content (AvgIpc) is 2.58. The Kier molecular flexibility index (Phi) is 3.50. The molecule has 0 saturated carbocycles. The van der Waals surface area contributed by atoms with E-state index >= 15 is 0 Å². The lowest BCUT2D eigenvalue weighted by atomic mass is 9.85. The molecule has 124 valence electrons. The molecule has 0 amide bonds. The molecule has 0 N–H and O–H groups in total. The monoisotopic (exact) mass is 329 g/mol. The van der Waals surface area contributed by atoms with Gasteiger partial charge in [-0.1, -0.05) is 60.0 Å². The first-order chi connectivity index (χ1) is 12.0. The topological polar surface area (TPSA) is 3.01 Å². The number of halogens is 1. The van der Waals surface area contributed by atoms with E-state index in [0.717, 1.165) is 22.6 Å². The molecule has 1 nitrogen and oxygen atoms in total. The van der Waals surface area contributed by atoms with Crippen molar-refractivity contribution in [1.29, 1.82) is 0 Å². The predicted molar refractivity (Wildman–Crippen MR) is 102 cm³/mol. The molecule has 3 aromatic rings. The van der Waals surface area contributed by atoms with E-state index in [9.17, 15) is 4.39 Å². The minimum Gasteiger partial charge on any atom is -0.243 e. The van der Waals surface area contributed by atoms with Crippen molar-refractivity contribution < 1.29 is 8.97 Å². The predicted octanol–water partition coefficient (Wildman–Crippen LogP) is 5.53. The second kappa shape index (κ2) is 5.59. The Balaban J connectivity index is 2.02. The average molecular weight is 329 g/mol. The summed E-state index contributed by atoms with van der Waals surface area (Å²) in [5.74, 6) is -0.185. The molecule has 0 fully saturated rings. The Labute approximate surface area is 147 Å². The van der Waals surface area contributed by atoms with Crippen molar-refractivity contribution in [1.82, 2.24) is 0 Å². The van der Waals surface area contributed by atoms with E-state index in [0.29, 0.717) is 5.39 Å². The Morgan fingerprint density at radius 1 is 0.960 bits per heavy atom. The van der Waals surface area contributed by atoms with Gasteiger partial charge >= 0.3 is 0 Å². The first-order valence-electron chi connectivity index (χ1n) is 8.42. The molecule has 0 unspecified atom stereocenters. The number of fused-ring (bicyclic) bond motifs is 3. The lowest BCUT2D eigenvalue weighted by Crippen LogP contribution is -2.20. The van der Waals surface area contributed by atoms with Gasteiger partial charge in [-0.05, 0) is 48.1 Å². The molecule has 1 aliphatic rings. The van der Waals surface area contributed by atoms with Crippen LogP contribution in [0.25, 0.3) is 16.8 Å². The summed E-state index contributed by atoms with van der Waals surface area (Å²) in [5.41, 5.74) is 7.04. The van der Waals surface area contributed by atoms with E-state index in [-0.39, 0.29) is 5.82 Å². The fourth-order valence-corrected chi connectivity index (χ4v) is 3.71. The van der Waals surface area contributed by atoms with Crippen LogP contribution in [-0.2, 0) is 0 Å². The highest BCUT2D eigenvalue weighted by Gasteiger charge is 2.26. The SMILES string of the molecule is C=[N+]1C=Cc2c(ccc3c(F)cccc23)[C-]1c1cc(C)cc(C)c1C. The standard InChI is InChI=1S/C23H20FN/c1-14-12-15(2)16(3)21(13-14)23-20-9-8-19-17(6-5-7-22(19)24)18(20)10-11-25(23)4/h5-13H,4H2,1-3H3. The van der Waals surface area contributed by atoms with Crippen LogP contribution in [0.5, 0.6) is 0 Å². The van der Waals surface area contributed by atoms with Gasteiger partial charge in [0.05, 0.1) is 6.72 Å². The summed E-state index contributed by atoms with van der Waals surface area (Å²) >= 11 is 0. The van der Waals surface area contributed by atoms with Crippen molar-refractivity contribution in [2.75, 3.05) is 0 Å². The molecule has 1 heterocycles. The molecule has 0 atom stereocenters. The summed E-state index contributed by atoms with van der Waals surface area (Å²) in [7, 11) is 0. The molecule has 3 aromatic carbocycles. The highest BCUT2D eigenvalue weighted by atomic mass is 19.1. The van der Waals surface area contributed by atoms with E-state index in [4.69, 9.17) is 0 Å². The molecule has 25 heavy (non-hydrogen) atoms. The molecule has 0 radical (unpaired) electrons. The fraction of sp³-hybridized carbons (Fsp3) is 0.130. The summed E-state index contributed by atoms with van der Waals surface area (Å²) in [6, 6.07) is 14.6. The van der Waals surface area contributed by atoms with Crippen LogP contribution in [0.4, 0.5) is 4.39 Å². The van der Waals surface area contributed by atoms with Gasteiger partial charge in [-0.25, -0.2) is 8.97 Å². The van der Waals surface area contributed by atoms with Crippen molar-refractivity contribution >= 4 is 23.6 Å². The smallest absolute Gasteiger partial charge is 0.159 e. The highest BCUT2D eigenvalue weighted by Crippen LogP contribution is 2.38. The van der Waals surface area contributed by atoms with Crippen LogP contribution in [0, 0.1) is 32.6 Å². The van der Waals surface area contributed by atoms with Gasteiger partial charge in [0.15, 0.2) is 6.04 Å². The summed E-state index contributed by atoms with van der Waals surface area (Å²) < 4.78 is 16.1. The third-order valence-corrected chi connectivity index (χ3v) is 5.08. The van der Waals surface area contributed by atoms with Crippen LogP contribution < -0.4 is 0 Å². The van der Waals surface area contributed by atoms with E-state index in [2.05, 4.69) is 39.6 Å². The van der Waals surface area contributed by atoms with Gasteiger partial charge in [-0.3, -0.25) is 0 Å². The van der Waals surface area contributed by atoms with E-state index < -0.39 is 0 Å². The zero-order valence-corrected chi connectivity index (χ0v) is 14.7. The van der Waals surface area contributed by atoms with E-state index in [1.807, 2.05) is 35.1 Å². The molecule has 1 aliphatic heterocycles. The lowest BCUT2D eigenvalue weighted by Gasteiger charge is -2.27. The fourth-order valence-electron chi connectivity index (χ4n) is 3.71. The number of hydrogen-bond acceptors (Lipinski definition) is 0. The van der Waals surface area contributed by atoms with Gasteiger partial charge in [0, 0.05) is 5.39 Å². The third-order valence-electron chi connectivity index (χ3n) is 5.08. The van der Waals surface area contributed by atoms with Gasteiger partial charge in [0.25, 0.3) is 0 Å². The number of rotatable bonds is 1. The van der Waals surface area contributed by atoms with Crippen LogP contribution in [0.1, 0.15) is 33.4 Å². The first kappa shape index (κ1) is 15.6. The molecular weight excluding hydrogens is 309 g/mol. The van der Waals surface area contributed by atoms with Gasteiger partial charge in [-0.15, -0.1) is 0 Å². The maximum absolute atomic E-state index is 14.2. The van der Waals surface area contributed by atoms with Crippen LogP contribution in [0.2, 0.25) is 0 Å². The highest BCUT2D eigenvalue weighted by molar-refractivity contribution is 5.93. The summed E-state index contributed by atoms with van der Waals surface area (Å²) in [5, 5.41) is 1.58. The molecule has 0 aliphatic carbocycles. The van der Waals surface area contributed by atoms with Crippen LogP contribution in [-0.4, -0.2) is 11.3 Å². The minimum atomic E-state index is -0.185. The minimum absolute atomic E-state index is 0.185. The van der Waals surface area contributed by atoms with Crippen LogP contribution in [0.3, 0.4) is 0 Å². The Morgan fingerprint density at radius 2 is 1.76 bits per heavy atom. The van der Waals surface area contributed by atoms with Gasteiger partial charge < -0.3 is 0 Å². The van der Waals surface area contributed by atoms with E-state index in [1.54, 1.807) is 6.07 Å². The number of aryl methyl sites for hydroxylation is 2. The molecular formula is C23H20FN. The maximum Gasteiger partial charge on any atom is 0.159 e. The molecule has 0 aromatic heterocycles. The van der Waals surface area contributed by atoms with Crippen molar-refractivity contribution in [3.05, 3.63) is 93.9 Å². The van der Waals surface area contributed by atoms with Crippen molar-refractivity contribution in [2.45, 2.75) is 20.8 Å². The number of hydrogen-bond donors (Lipinski definition) is 0. The molecule has 2 heteroatoms. The summed E-state index contributed by atoms with van der Waals surface area (Å²) in [4.78, 5) is 0. The molecule has 0 spiro atoms. The summed E-state index contributed by atoms with van der Waals surface area (Å²) in [6.07, 6.45) is 3.98. The third kappa shape index (κ3) is 2.37. The van der Waals surface area contributed by atoms with Crippen LogP contribution in [0.15, 0.2) is 48.7 Å². The largest absolute Gasteiger partial charge is 0.243 e. The van der Waals surface area contributed by atoms with Crippen LogP contribution >= 0.6 is 0 Å². The number of benzene rings is 3. The van der Waals surface area contributed by atoms with Crippen molar-refractivity contribution in [3.63, 3.8) is 0 Å². The second-order valence-corrected chi connectivity index (χ2v) is 6.75. The Hall–Kier alpha value is -2.87. The van der Waals surface area contributed by atoms with E-state index in [1.165, 1.54) is 28.3 Å². The summed E-state index contributed by atoms with van der Waals surface area (Å²) in [6.45, 7) is 10.6. The quantitative estimate of drug-likeness (QED) is 0.408. The first-order valence-corrected chi connectivity index (χ1v) is 8.42. The van der Waals surface area contributed by atoms with Crippen molar-refractivity contribution in [3.8, 4) is 0 Å².